The Bertz CT molecular complexity index is 588. The van der Waals surface area contributed by atoms with E-state index in [4.69, 9.17) is 0 Å². The van der Waals surface area contributed by atoms with Gasteiger partial charge in [-0.2, -0.15) is 0 Å². The van der Waals surface area contributed by atoms with Gasteiger partial charge >= 0.3 is 0 Å². The second kappa shape index (κ2) is 11.0. The van der Waals surface area contributed by atoms with Crippen molar-refractivity contribution in [1.29, 1.82) is 0 Å². The average Bonchev–Trinajstić information content (AvgIpc) is 3.05. The molecule has 0 spiro atoms. The van der Waals surface area contributed by atoms with Crippen LogP contribution in [-0.4, -0.2) is 43.4 Å². The van der Waals surface area contributed by atoms with Crippen molar-refractivity contribution in [2.24, 2.45) is 4.99 Å². The lowest BCUT2D eigenvalue weighted by Gasteiger charge is -2.22. The van der Waals surface area contributed by atoms with Crippen LogP contribution in [-0.2, 0) is 4.79 Å². The number of nitrogens with one attached hydrogen (secondary N) is 2. The van der Waals surface area contributed by atoms with E-state index in [9.17, 15) is 4.79 Å². The molecule has 2 N–H and O–H groups in total. The van der Waals surface area contributed by atoms with Gasteiger partial charge in [0.2, 0.25) is 5.91 Å². The zero-order valence-electron chi connectivity index (χ0n) is 15.1. The van der Waals surface area contributed by atoms with E-state index in [0.29, 0.717) is 12.0 Å². The van der Waals surface area contributed by atoms with Gasteiger partial charge < -0.3 is 15.5 Å². The molecule has 0 radical (unpaired) electrons. The van der Waals surface area contributed by atoms with Crippen LogP contribution in [0.2, 0.25) is 0 Å². The predicted octanol–water partition coefficient (Wildman–Crippen LogP) is 3.69. The Morgan fingerprint density at radius 3 is 2.56 bits per heavy atom. The molecule has 140 valence electrons. The van der Waals surface area contributed by atoms with E-state index in [1.54, 1.807) is 19.0 Å². The lowest BCUT2D eigenvalue weighted by molar-refractivity contribution is -0.127. The summed E-state index contributed by atoms with van der Waals surface area (Å²) < 4.78 is 1.06. The highest BCUT2D eigenvalue weighted by Gasteiger charge is 2.18. The van der Waals surface area contributed by atoms with Crippen molar-refractivity contribution in [3.63, 3.8) is 0 Å². The van der Waals surface area contributed by atoms with Gasteiger partial charge in [0.1, 0.15) is 6.54 Å². The molecule has 1 amide bonds. The lowest BCUT2D eigenvalue weighted by Crippen LogP contribution is -2.44. The molecule has 1 aromatic rings. The Balaban J connectivity index is 0.00000312. The zero-order chi connectivity index (χ0) is 17.5. The zero-order valence-corrected chi connectivity index (χ0v) is 19.0. The molecule has 0 aliphatic heterocycles. The fourth-order valence-corrected chi connectivity index (χ4v) is 3.42. The van der Waals surface area contributed by atoms with Crippen LogP contribution in [0.5, 0.6) is 0 Å². The molecule has 5 nitrogen and oxygen atoms in total. The van der Waals surface area contributed by atoms with Crippen LogP contribution in [0.1, 0.15) is 44.2 Å². The van der Waals surface area contributed by atoms with Gasteiger partial charge in [-0.25, -0.2) is 4.99 Å². The standard InChI is InChI=1S/C18H27BrN4O.HI/c1-13(15-10-6-7-11-16(15)19)21-18(20-12-17(24)23(2)3)22-14-8-4-5-9-14;/h6-7,10-11,13-14H,4-5,8-9,12H2,1-3H3,(H2,20,21,22);1H. The van der Waals surface area contributed by atoms with Crippen molar-refractivity contribution in [3.05, 3.63) is 34.3 Å². The third-order valence-electron chi connectivity index (χ3n) is 4.29. The van der Waals surface area contributed by atoms with Crippen molar-refractivity contribution >= 4 is 51.8 Å². The normalized spacial score (nSPS) is 16.1. The second-order valence-electron chi connectivity index (χ2n) is 6.47. The molecule has 1 atom stereocenters. The largest absolute Gasteiger partial charge is 0.354 e. The number of amides is 1. The quantitative estimate of drug-likeness (QED) is 0.352. The van der Waals surface area contributed by atoms with Crippen molar-refractivity contribution < 1.29 is 4.79 Å². The van der Waals surface area contributed by atoms with E-state index in [2.05, 4.69) is 44.5 Å². The summed E-state index contributed by atoms with van der Waals surface area (Å²) in [5, 5.41) is 6.92. The van der Waals surface area contributed by atoms with Crippen LogP contribution in [0.15, 0.2) is 33.7 Å². The number of rotatable bonds is 5. The number of guanidine groups is 1. The van der Waals surface area contributed by atoms with E-state index in [1.165, 1.54) is 12.8 Å². The van der Waals surface area contributed by atoms with Gasteiger partial charge in [-0.1, -0.05) is 47.0 Å². The minimum Gasteiger partial charge on any atom is -0.354 e. The molecule has 1 saturated carbocycles. The Kier molecular flexibility index (Phi) is 9.78. The maximum Gasteiger partial charge on any atom is 0.243 e. The molecule has 1 aliphatic carbocycles. The topological polar surface area (TPSA) is 56.7 Å². The Hall–Kier alpha value is -0.830. The molecule has 25 heavy (non-hydrogen) atoms. The van der Waals surface area contributed by atoms with Gasteiger partial charge in [-0.3, -0.25) is 4.79 Å². The smallest absolute Gasteiger partial charge is 0.243 e. The highest BCUT2D eigenvalue weighted by molar-refractivity contribution is 14.0. The van der Waals surface area contributed by atoms with Crippen molar-refractivity contribution in [3.8, 4) is 0 Å². The van der Waals surface area contributed by atoms with E-state index in [0.717, 1.165) is 22.9 Å². The summed E-state index contributed by atoms with van der Waals surface area (Å²) >= 11 is 3.60. The van der Waals surface area contributed by atoms with Crippen LogP contribution in [0, 0.1) is 0 Å². The summed E-state index contributed by atoms with van der Waals surface area (Å²) in [6.07, 6.45) is 4.82. The van der Waals surface area contributed by atoms with E-state index in [1.807, 2.05) is 18.2 Å². The van der Waals surface area contributed by atoms with Crippen LogP contribution in [0.4, 0.5) is 0 Å². The summed E-state index contributed by atoms with van der Waals surface area (Å²) in [7, 11) is 3.50. The van der Waals surface area contributed by atoms with Gasteiger partial charge in [0.15, 0.2) is 5.96 Å². The summed E-state index contributed by atoms with van der Waals surface area (Å²) in [5.41, 5.74) is 1.16. The molecule has 1 aliphatic rings. The molecular formula is C18H28BrIN4O. The third-order valence-corrected chi connectivity index (χ3v) is 5.01. The molecule has 1 unspecified atom stereocenters. The van der Waals surface area contributed by atoms with Crippen molar-refractivity contribution in [2.45, 2.75) is 44.7 Å². The number of nitrogens with zero attached hydrogens (tertiary/aromatic N) is 2. The minimum atomic E-state index is -0.00364. The maximum absolute atomic E-state index is 11.9. The van der Waals surface area contributed by atoms with Gasteiger partial charge in [0, 0.05) is 24.6 Å². The first kappa shape index (κ1) is 22.2. The van der Waals surface area contributed by atoms with E-state index < -0.39 is 0 Å². The second-order valence-corrected chi connectivity index (χ2v) is 7.32. The molecule has 0 saturated heterocycles. The monoisotopic (exact) mass is 522 g/mol. The fourth-order valence-electron chi connectivity index (χ4n) is 2.79. The SMILES string of the molecule is CC(NC(=NCC(=O)N(C)C)NC1CCCC1)c1ccccc1Br.I. The Labute approximate surface area is 176 Å². The third kappa shape index (κ3) is 7.13. The number of hydrogen-bond donors (Lipinski definition) is 2. The van der Waals surface area contributed by atoms with E-state index in [-0.39, 0.29) is 42.5 Å². The predicted molar refractivity (Wildman–Crippen MR) is 117 cm³/mol. The van der Waals surface area contributed by atoms with Gasteiger partial charge in [-0.05, 0) is 31.4 Å². The maximum atomic E-state index is 11.9. The number of carbonyl (C=O) groups excluding carboxylic acids is 1. The van der Waals surface area contributed by atoms with Gasteiger partial charge in [0.05, 0.1) is 6.04 Å². The number of carbonyl (C=O) groups is 1. The summed E-state index contributed by atoms with van der Waals surface area (Å²) in [4.78, 5) is 17.9. The van der Waals surface area contributed by atoms with Crippen molar-refractivity contribution in [2.75, 3.05) is 20.6 Å². The Morgan fingerprint density at radius 1 is 1.32 bits per heavy atom. The molecule has 1 fully saturated rings. The molecule has 2 rings (SSSR count). The first-order valence-electron chi connectivity index (χ1n) is 8.49. The lowest BCUT2D eigenvalue weighted by atomic mass is 10.1. The molecule has 1 aromatic carbocycles. The number of aliphatic imine (C=N–C) groups is 1. The number of hydrogen-bond acceptors (Lipinski definition) is 2. The molecule has 0 heterocycles. The van der Waals surface area contributed by atoms with Crippen LogP contribution in [0.3, 0.4) is 0 Å². The Morgan fingerprint density at radius 2 is 1.96 bits per heavy atom. The number of benzene rings is 1. The average molecular weight is 523 g/mol. The number of likely N-dealkylation sites (N-methyl/N-ethyl adjacent to an activating group) is 1. The molecule has 0 bridgehead atoms. The van der Waals surface area contributed by atoms with Crippen LogP contribution < -0.4 is 10.6 Å². The molecular weight excluding hydrogens is 495 g/mol. The highest BCUT2D eigenvalue weighted by atomic mass is 127. The summed E-state index contributed by atoms with van der Waals surface area (Å²) in [5.74, 6) is 0.705. The molecule has 0 aromatic heterocycles. The first-order valence-corrected chi connectivity index (χ1v) is 9.28. The van der Waals surface area contributed by atoms with Crippen molar-refractivity contribution in [1.82, 2.24) is 15.5 Å². The van der Waals surface area contributed by atoms with Gasteiger partial charge in [-0.15, -0.1) is 24.0 Å². The van der Waals surface area contributed by atoms with Crippen LogP contribution in [0.25, 0.3) is 0 Å². The minimum absolute atomic E-state index is 0. The number of halogens is 2. The van der Waals surface area contributed by atoms with Gasteiger partial charge in [0.25, 0.3) is 0 Å². The van der Waals surface area contributed by atoms with Crippen LogP contribution >= 0.6 is 39.9 Å². The first-order chi connectivity index (χ1) is 11.5. The fraction of sp³-hybridized carbons (Fsp3) is 0.556. The summed E-state index contributed by atoms with van der Waals surface area (Å²) in [6, 6.07) is 8.67. The highest BCUT2D eigenvalue weighted by Crippen LogP contribution is 2.23. The van der Waals surface area contributed by atoms with E-state index >= 15 is 0 Å². The molecule has 7 heteroatoms. The summed E-state index contributed by atoms with van der Waals surface area (Å²) in [6.45, 7) is 2.25.